The highest BCUT2D eigenvalue weighted by molar-refractivity contribution is 6.37. The molecule has 10 heteroatoms. The van der Waals surface area contributed by atoms with E-state index in [-0.39, 0.29) is 29.1 Å². The number of rotatable bonds is 10. The van der Waals surface area contributed by atoms with Gasteiger partial charge in [-0.1, -0.05) is 97.1 Å². The quantitative estimate of drug-likeness (QED) is 0.301. The van der Waals surface area contributed by atoms with Crippen LogP contribution in [0.5, 0.6) is 0 Å². The molecule has 5 amide bonds. The largest absolute Gasteiger partial charge is 0.363 e. The number of Topliss-reactive ketones (excluding diaryl/α,β-unsaturated/α-hetero) is 1. The van der Waals surface area contributed by atoms with Crippen molar-refractivity contribution in [3.05, 3.63) is 35.9 Å². The zero-order chi connectivity index (χ0) is 32.0. The standard InChI is InChI=1S/C34H49N5O5/c1-32(2,3)27(37-31(44)38-34(16-10-7-11-17-34)21-12-8-6-9-13-21)30(43)39-19-22-24(33(22,4)5)25(39)29(42)36-23(18-20-14-15-20)26(40)28(35)41/h6,8-9,12-13,20,22-25,27H,7,10-11,14-19H2,1-5H3,(H2,35,41)(H,36,42)(H2,37,38,44)/t22-,23?,24-,25-,27+/m0/s1. The predicted octanol–water partition coefficient (Wildman–Crippen LogP) is 3.38. The van der Waals surface area contributed by atoms with Gasteiger partial charge in [0.05, 0.1) is 11.6 Å². The lowest BCUT2D eigenvalue weighted by Gasteiger charge is -2.41. The van der Waals surface area contributed by atoms with Gasteiger partial charge in [0, 0.05) is 6.54 Å². The molecule has 44 heavy (non-hydrogen) atoms. The first kappa shape index (κ1) is 32.0. The monoisotopic (exact) mass is 607 g/mol. The van der Waals surface area contributed by atoms with Crippen LogP contribution in [0.15, 0.2) is 30.3 Å². The Morgan fingerprint density at radius 2 is 1.61 bits per heavy atom. The maximum Gasteiger partial charge on any atom is 0.316 e. The number of piperidine rings is 1. The molecule has 4 aliphatic rings. The normalized spacial score (nSPS) is 26.5. The van der Waals surface area contributed by atoms with Gasteiger partial charge in [0.2, 0.25) is 17.6 Å². The van der Waals surface area contributed by atoms with Gasteiger partial charge in [-0.3, -0.25) is 19.2 Å². The first-order valence-corrected chi connectivity index (χ1v) is 16.2. The van der Waals surface area contributed by atoms with E-state index in [2.05, 4.69) is 29.8 Å². The second kappa shape index (κ2) is 11.8. The van der Waals surface area contributed by atoms with E-state index in [1.54, 1.807) is 4.90 Å². The molecule has 5 rings (SSSR count). The van der Waals surface area contributed by atoms with Gasteiger partial charge in [-0.05, 0) is 53.4 Å². The van der Waals surface area contributed by atoms with Gasteiger partial charge in [0.25, 0.3) is 5.91 Å². The summed E-state index contributed by atoms with van der Waals surface area (Å²) in [7, 11) is 0. The van der Waals surface area contributed by atoms with Crippen LogP contribution in [0.2, 0.25) is 0 Å². The number of nitrogens with one attached hydrogen (secondary N) is 3. The third-order valence-corrected chi connectivity index (χ3v) is 10.7. The average molecular weight is 608 g/mol. The number of urea groups is 1. The SMILES string of the molecule is CC(C)(C)[C@H](NC(=O)NC1(c2ccccc2)CCCCC1)C(=O)N1C[C@H]2[C@@H]([C@H]1C(=O)NC(CC1CC1)C(=O)C(N)=O)C2(C)C. The van der Waals surface area contributed by atoms with Crippen molar-refractivity contribution in [3.8, 4) is 0 Å². The van der Waals surface area contributed by atoms with Crippen LogP contribution < -0.4 is 21.7 Å². The molecule has 10 nitrogen and oxygen atoms in total. The number of fused-ring (bicyclic) bond motifs is 1. The number of carbonyl (C=O) groups is 5. The number of hydrogen-bond donors (Lipinski definition) is 4. The Morgan fingerprint density at radius 3 is 2.18 bits per heavy atom. The molecule has 3 saturated carbocycles. The van der Waals surface area contributed by atoms with E-state index in [1.165, 1.54) is 0 Å². The summed E-state index contributed by atoms with van der Waals surface area (Å²) in [6.45, 7) is 10.3. The van der Waals surface area contributed by atoms with Crippen molar-refractivity contribution in [2.45, 2.75) is 110 Å². The molecule has 3 aliphatic carbocycles. The molecule has 0 aromatic heterocycles. The molecule has 0 spiro atoms. The number of carbonyl (C=O) groups excluding carboxylic acids is 5. The summed E-state index contributed by atoms with van der Waals surface area (Å²) in [4.78, 5) is 67.9. The first-order chi connectivity index (χ1) is 20.7. The highest BCUT2D eigenvalue weighted by Crippen LogP contribution is 2.65. The van der Waals surface area contributed by atoms with E-state index in [0.29, 0.717) is 13.0 Å². The Bertz CT molecular complexity index is 1290. The number of nitrogens with two attached hydrogens (primary N) is 1. The molecular weight excluding hydrogens is 558 g/mol. The maximum atomic E-state index is 14.3. The van der Waals surface area contributed by atoms with E-state index >= 15 is 0 Å². The lowest BCUT2D eigenvalue weighted by atomic mass is 9.76. The molecule has 1 unspecified atom stereocenters. The summed E-state index contributed by atoms with van der Waals surface area (Å²) in [6, 6.07) is 6.87. The van der Waals surface area contributed by atoms with Crippen molar-refractivity contribution in [3.63, 3.8) is 0 Å². The number of nitrogens with zero attached hydrogens (tertiary/aromatic N) is 1. The number of benzene rings is 1. The van der Waals surface area contributed by atoms with Gasteiger partial charge >= 0.3 is 6.03 Å². The van der Waals surface area contributed by atoms with Crippen LogP contribution in [0.3, 0.4) is 0 Å². The maximum absolute atomic E-state index is 14.3. The van der Waals surface area contributed by atoms with E-state index in [1.807, 2.05) is 51.1 Å². The summed E-state index contributed by atoms with van der Waals surface area (Å²) < 4.78 is 0. The van der Waals surface area contributed by atoms with E-state index in [0.717, 1.165) is 50.5 Å². The highest BCUT2D eigenvalue weighted by Gasteiger charge is 2.70. The smallest absolute Gasteiger partial charge is 0.316 e. The van der Waals surface area contributed by atoms with Gasteiger partial charge in [-0.25, -0.2) is 4.79 Å². The van der Waals surface area contributed by atoms with Crippen LogP contribution in [-0.4, -0.2) is 59.1 Å². The van der Waals surface area contributed by atoms with Crippen molar-refractivity contribution in [2.24, 2.45) is 34.3 Å². The van der Waals surface area contributed by atoms with E-state index in [4.69, 9.17) is 5.73 Å². The Labute approximate surface area is 260 Å². The molecule has 0 bridgehead atoms. The van der Waals surface area contributed by atoms with Gasteiger partial charge in [0.1, 0.15) is 12.1 Å². The van der Waals surface area contributed by atoms with Crippen LogP contribution in [0, 0.1) is 28.6 Å². The number of amides is 5. The lowest BCUT2D eigenvalue weighted by Crippen LogP contribution is -2.62. The minimum Gasteiger partial charge on any atom is -0.363 e. The Kier molecular flexibility index (Phi) is 8.59. The topological polar surface area (TPSA) is 151 Å². The molecule has 1 aromatic carbocycles. The average Bonchev–Trinajstić information content (AvgIpc) is 3.82. The number of likely N-dealkylation sites (tertiary alicyclic amines) is 1. The highest BCUT2D eigenvalue weighted by atomic mass is 16.2. The molecule has 240 valence electrons. The van der Waals surface area contributed by atoms with Crippen LogP contribution in [0.1, 0.15) is 91.5 Å². The molecule has 0 radical (unpaired) electrons. The van der Waals surface area contributed by atoms with E-state index < -0.39 is 52.7 Å². The molecule has 1 saturated heterocycles. The molecule has 1 heterocycles. The zero-order valence-corrected chi connectivity index (χ0v) is 26.8. The third kappa shape index (κ3) is 6.35. The van der Waals surface area contributed by atoms with Gasteiger partial charge in [0.15, 0.2) is 0 Å². The van der Waals surface area contributed by atoms with Gasteiger partial charge in [-0.15, -0.1) is 0 Å². The molecular formula is C34H49N5O5. The van der Waals surface area contributed by atoms with Crippen LogP contribution in [0.4, 0.5) is 4.79 Å². The summed E-state index contributed by atoms with van der Waals surface area (Å²) in [5.41, 5.74) is 5.05. The second-order valence-electron chi connectivity index (χ2n) is 15.3. The van der Waals surface area contributed by atoms with Crippen molar-refractivity contribution in [1.82, 2.24) is 20.9 Å². The zero-order valence-electron chi connectivity index (χ0n) is 26.8. The van der Waals surface area contributed by atoms with Gasteiger partial charge in [-0.2, -0.15) is 0 Å². The third-order valence-electron chi connectivity index (χ3n) is 10.7. The van der Waals surface area contributed by atoms with Crippen molar-refractivity contribution >= 4 is 29.5 Å². The van der Waals surface area contributed by atoms with Crippen LogP contribution in [0.25, 0.3) is 0 Å². The molecule has 1 aliphatic heterocycles. The molecule has 5 atom stereocenters. The summed E-state index contributed by atoms with van der Waals surface area (Å²) in [6.07, 6.45) is 6.99. The Hall–Kier alpha value is -3.43. The number of hydrogen-bond acceptors (Lipinski definition) is 5. The van der Waals surface area contributed by atoms with Gasteiger partial charge < -0.3 is 26.6 Å². The van der Waals surface area contributed by atoms with Crippen LogP contribution in [-0.2, 0) is 24.7 Å². The fourth-order valence-corrected chi connectivity index (χ4v) is 7.76. The van der Waals surface area contributed by atoms with Crippen molar-refractivity contribution in [2.75, 3.05) is 6.54 Å². The lowest BCUT2D eigenvalue weighted by molar-refractivity contribution is -0.145. The Morgan fingerprint density at radius 1 is 0.977 bits per heavy atom. The first-order valence-electron chi connectivity index (χ1n) is 16.2. The summed E-state index contributed by atoms with van der Waals surface area (Å²) in [5.74, 6) is -2.36. The Balaban J connectivity index is 1.35. The fourth-order valence-electron chi connectivity index (χ4n) is 7.76. The summed E-state index contributed by atoms with van der Waals surface area (Å²) in [5, 5.41) is 9.06. The second-order valence-corrected chi connectivity index (χ2v) is 15.3. The van der Waals surface area contributed by atoms with E-state index in [9.17, 15) is 24.0 Å². The molecule has 4 fully saturated rings. The molecule has 1 aromatic rings. The minimum absolute atomic E-state index is 0.0882. The summed E-state index contributed by atoms with van der Waals surface area (Å²) >= 11 is 0. The minimum atomic E-state index is -1.07. The molecule has 5 N–H and O–H groups in total. The van der Waals surface area contributed by atoms with Crippen LogP contribution >= 0.6 is 0 Å². The van der Waals surface area contributed by atoms with Crippen molar-refractivity contribution in [1.29, 1.82) is 0 Å². The number of ketones is 1. The van der Waals surface area contributed by atoms with Crippen molar-refractivity contribution < 1.29 is 24.0 Å². The number of primary amides is 1. The fraction of sp³-hybridized carbons (Fsp3) is 0.676. The predicted molar refractivity (Wildman–Crippen MR) is 166 cm³/mol.